The monoisotopic (exact) mass is 776 g/mol. The standard InChI is InChI=1S/C50H101N3O2/c1-4-7-9-11-13-15-17-19-21-23-25-27-29-31-33-35-37-39-41-43-48(54)52-50(45-6-3,46-47-51)53-49(55)44-42-40-38-36-34-32-30-28-26-24-22-20-18-16-14-12-10-8-5-2/h4-47,51H2,1-3H3,(H,52,54)(H,53,55). The summed E-state index contributed by atoms with van der Waals surface area (Å²) in [5.74, 6) is 0.107. The topological polar surface area (TPSA) is 84.2 Å². The maximum Gasteiger partial charge on any atom is 0.221 e. The van der Waals surface area contributed by atoms with Gasteiger partial charge in [-0.1, -0.05) is 258 Å². The summed E-state index contributed by atoms with van der Waals surface area (Å²) in [6.07, 6.45) is 54.6. The molecule has 0 aliphatic carbocycles. The van der Waals surface area contributed by atoms with E-state index in [9.17, 15) is 9.59 Å². The molecule has 0 spiro atoms. The molecule has 55 heavy (non-hydrogen) atoms. The van der Waals surface area contributed by atoms with Gasteiger partial charge >= 0.3 is 0 Å². The second-order valence-electron chi connectivity index (χ2n) is 17.7. The molecule has 0 aromatic rings. The summed E-state index contributed by atoms with van der Waals surface area (Å²) < 4.78 is 0. The molecule has 0 atom stereocenters. The zero-order chi connectivity index (χ0) is 40.2. The minimum atomic E-state index is -0.709. The molecule has 0 saturated carbocycles. The van der Waals surface area contributed by atoms with Gasteiger partial charge < -0.3 is 16.4 Å². The van der Waals surface area contributed by atoms with E-state index in [0.717, 1.165) is 38.5 Å². The number of hydrogen-bond donors (Lipinski definition) is 3. The van der Waals surface area contributed by atoms with Crippen LogP contribution in [-0.4, -0.2) is 24.0 Å². The molecule has 5 heteroatoms. The molecular weight excluding hydrogens is 675 g/mol. The summed E-state index contributed by atoms with van der Waals surface area (Å²) in [5.41, 5.74) is 5.29. The van der Waals surface area contributed by atoms with Gasteiger partial charge in [0.25, 0.3) is 0 Å². The van der Waals surface area contributed by atoms with Crippen molar-refractivity contribution >= 4 is 11.8 Å². The van der Waals surface area contributed by atoms with Crippen LogP contribution in [0.25, 0.3) is 0 Å². The molecule has 0 rings (SSSR count). The Bertz CT molecular complexity index is 723. The molecule has 0 heterocycles. The Kier molecular flexibility index (Phi) is 43.1. The molecule has 0 saturated heterocycles. The molecular formula is C50H101N3O2. The highest BCUT2D eigenvalue weighted by atomic mass is 16.2. The van der Waals surface area contributed by atoms with Gasteiger partial charge in [0.2, 0.25) is 11.8 Å². The second kappa shape index (κ2) is 44.0. The van der Waals surface area contributed by atoms with E-state index in [-0.39, 0.29) is 11.8 Å². The first kappa shape index (κ1) is 53.9. The third kappa shape index (κ3) is 39.5. The van der Waals surface area contributed by atoms with Crippen LogP contribution in [0.4, 0.5) is 0 Å². The van der Waals surface area contributed by atoms with Crippen molar-refractivity contribution in [2.75, 3.05) is 6.54 Å². The summed E-state index contributed by atoms with van der Waals surface area (Å²) in [6.45, 7) is 7.14. The average Bonchev–Trinajstić information content (AvgIpc) is 3.16. The van der Waals surface area contributed by atoms with Crippen molar-refractivity contribution in [3.8, 4) is 0 Å². The molecule has 0 aromatic carbocycles. The van der Waals surface area contributed by atoms with E-state index in [1.165, 1.54) is 218 Å². The number of nitrogens with two attached hydrogens (primary N) is 1. The largest absolute Gasteiger partial charge is 0.333 e. The van der Waals surface area contributed by atoms with Crippen molar-refractivity contribution < 1.29 is 9.59 Å². The molecule has 0 aliphatic rings. The van der Waals surface area contributed by atoms with Crippen molar-refractivity contribution in [1.29, 1.82) is 0 Å². The first-order valence-electron chi connectivity index (χ1n) is 25.4. The van der Waals surface area contributed by atoms with Crippen LogP contribution in [0.15, 0.2) is 0 Å². The highest BCUT2D eigenvalue weighted by Crippen LogP contribution is 2.19. The Morgan fingerprint density at radius 2 is 0.545 bits per heavy atom. The SMILES string of the molecule is CCCCCCCCCCCCCCCCCCCCCC(=O)NC(CCC)(CCN)NC(=O)CCCCCCCCCCCCCCCCCCCCC. The molecule has 4 N–H and O–H groups in total. The minimum absolute atomic E-state index is 0.0534. The number of carbonyl (C=O) groups excluding carboxylic acids is 2. The Morgan fingerprint density at radius 3 is 0.745 bits per heavy atom. The lowest BCUT2D eigenvalue weighted by molar-refractivity contribution is -0.127. The quantitative estimate of drug-likeness (QED) is 0.0425. The van der Waals surface area contributed by atoms with E-state index < -0.39 is 5.66 Å². The number of hydrogen-bond acceptors (Lipinski definition) is 3. The fourth-order valence-corrected chi connectivity index (χ4v) is 8.47. The fourth-order valence-electron chi connectivity index (χ4n) is 8.47. The van der Waals surface area contributed by atoms with Gasteiger partial charge in [-0.25, -0.2) is 0 Å². The molecule has 0 aliphatic heterocycles. The van der Waals surface area contributed by atoms with Crippen molar-refractivity contribution in [3.05, 3.63) is 0 Å². The van der Waals surface area contributed by atoms with E-state index >= 15 is 0 Å². The maximum atomic E-state index is 13.0. The summed E-state index contributed by atoms with van der Waals surface area (Å²) >= 11 is 0. The molecule has 328 valence electrons. The average molecular weight is 776 g/mol. The normalized spacial score (nSPS) is 11.7. The van der Waals surface area contributed by atoms with Crippen LogP contribution in [0.5, 0.6) is 0 Å². The van der Waals surface area contributed by atoms with Crippen LogP contribution in [0.1, 0.15) is 297 Å². The van der Waals surface area contributed by atoms with Crippen LogP contribution >= 0.6 is 0 Å². The van der Waals surface area contributed by atoms with Crippen LogP contribution in [0.3, 0.4) is 0 Å². The summed E-state index contributed by atoms with van der Waals surface area (Å²) in [5, 5.41) is 6.47. The van der Waals surface area contributed by atoms with Crippen LogP contribution in [-0.2, 0) is 9.59 Å². The molecule has 5 nitrogen and oxygen atoms in total. The van der Waals surface area contributed by atoms with Crippen molar-refractivity contribution in [3.63, 3.8) is 0 Å². The van der Waals surface area contributed by atoms with Gasteiger partial charge in [0.1, 0.15) is 5.66 Å². The first-order valence-corrected chi connectivity index (χ1v) is 25.4. The highest BCUT2D eigenvalue weighted by molar-refractivity contribution is 5.80. The summed E-state index contributed by atoms with van der Waals surface area (Å²) in [6, 6.07) is 0. The Morgan fingerprint density at radius 1 is 0.327 bits per heavy atom. The van der Waals surface area contributed by atoms with Gasteiger partial charge in [0.15, 0.2) is 0 Å². The molecule has 0 bridgehead atoms. The zero-order valence-electron chi connectivity index (χ0n) is 38.0. The van der Waals surface area contributed by atoms with E-state index in [2.05, 4.69) is 31.4 Å². The molecule has 0 fully saturated rings. The lowest BCUT2D eigenvalue weighted by atomic mass is 9.98. The van der Waals surface area contributed by atoms with Crippen LogP contribution in [0, 0.1) is 0 Å². The Hall–Kier alpha value is -1.10. The number of carbonyl (C=O) groups is 2. The van der Waals surface area contributed by atoms with Crippen molar-refractivity contribution in [2.24, 2.45) is 5.73 Å². The fraction of sp³-hybridized carbons (Fsp3) is 0.960. The van der Waals surface area contributed by atoms with Crippen molar-refractivity contribution in [2.45, 2.75) is 303 Å². The van der Waals surface area contributed by atoms with Crippen molar-refractivity contribution in [1.82, 2.24) is 10.6 Å². The van der Waals surface area contributed by atoms with Gasteiger partial charge in [-0.15, -0.1) is 0 Å². The predicted octanol–water partition coefficient (Wildman–Crippen LogP) is 15.7. The van der Waals surface area contributed by atoms with Gasteiger partial charge in [0, 0.05) is 19.3 Å². The first-order chi connectivity index (χ1) is 27.0. The van der Waals surface area contributed by atoms with Gasteiger partial charge in [-0.2, -0.15) is 0 Å². The predicted molar refractivity (Wildman–Crippen MR) is 244 cm³/mol. The third-order valence-electron chi connectivity index (χ3n) is 12.0. The highest BCUT2D eigenvalue weighted by Gasteiger charge is 2.31. The number of nitrogens with one attached hydrogen (secondary N) is 2. The Labute approximate surface area is 345 Å². The number of unbranched alkanes of at least 4 members (excludes halogenated alkanes) is 36. The summed E-state index contributed by atoms with van der Waals surface area (Å²) in [4.78, 5) is 26.0. The van der Waals surface area contributed by atoms with E-state index in [1.807, 2.05) is 0 Å². The minimum Gasteiger partial charge on any atom is -0.333 e. The number of amides is 2. The molecule has 2 amide bonds. The van der Waals surface area contributed by atoms with E-state index in [1.54, 1.807) is 0 Å². The Balaban J connectivity index is 3.85. The van der Waals surface area contributed by atoms with E-state index in [0.29, 0.717) is 25.8 Å². The lowest BCUT2D eigenvalue weighted by Crippen LogP contribution is -2.61. The van der Waals surface area contributed by atoms with Crippen LogP contribution < -0.4 is 16.4 Å². The molecule has 0 radical (unpaired) electrons. The van der Waals surface area contributed by atoms with Gasteiger partial charge in [-0.3, -0.25) is 9.59 Å². The zero-order valence-corrected chi connectivity index (χ0v) is 38.0. The summed E-state index contributed by atoms with van der Waals surface area (Å²) in [7, 11) is 0. The molecule has 0 aromatic heterocycles. The van der Waals surface area contributed by atoms with Gasteiger partial charge in [0.05, 0.1) is 0 Å². The van der Waals surface area contributed by atoms with Crippen LogP contribution in [0.2, 0.25) is 0 Å². The lowest BCUT2D eigenvalue weighted by Gasteiger charge is -2.35. The molecule has 0 unspecified atom stereocenters. The number of rotatable bonds is 46. The van der Waals surface area contributed by atoms with Gasteiger partial charge in [-0.05, 0) is 25.8 Å². The smallest absolute Gasteiger partial charge is 0.221 e. The second-order valence-corrected chi connectivity index (χ2v) is 17.7. The maximum absolute atomic E-state index is 13.0. The van der Waals surface area contributed by atoms with E-state index in [4.69, 9.17) is 5.73 Å². The third-order valence-corrected chi connectivity index (χ3v) is 12.0.